The van der Waals surface area contributed by atoms with Crippen LogP contribution in [0.25, 0.3) is 0 Å². The van der Waals surface area contributed by atoms with Crippen LogP contribution < -0.4 is 5.46 Å². The zero-order valence-corrected chi connectivity index (χ0v) is 13.5. The number of thioether (sulfide) groups is 1. The molecule has 0 unspecified atom stereocenters. The lowest BCUT2D eigenvalue weighted by molar-refractivity contribution is -0.0982. The molecular weight excluding hydrogens is 282 g/mol. The zero-order chi connectivity index (χ0) is 14.8. The Morgan fingerprint density at radius 1 is 1.21 bits per heavy atom. The van der Waals surface area contributed by atoms with Gasteiger partial charge in [0.05, 0.1) is 11.2 Å². The minimum Gasteiger partial charge on any atom is -0.423 e. The molecule has 0 bridgehead atoms. The minimum atomic E-state index is -1.13. The molecule has 0 heterocycles. The molecule has 0 saturated carbocycles. The molecule has 3 nitrogen and oxygen atoms in total. The van der Waals surface area contributed by atoms with Crippen molar-refractivity contribution in [3.63, 3.8) is 0 Å². The van der Waals surface area contributed by atoms with Gasteiger partial charge in [-0.2, -0.15) is 0 Å². The SMILES string of the molecule is CSc1cc(Cl)cc(B(O)OC(C)(C)C(C)(C)O)c1. The van der Waals surface area contributed by atoms with Crippen LogP contribution in [0.3, 0.4) is 0 Å². The molecule has 19 heavy (non-hydrogen) atoms. The lowest BCUT2D eigenvalue weighted by Gasteiger charge is -2.38. The molecule has 1 aromatic rings. The third-order valence-electron chi connectivity index (χ3n) is 3.29. The van der Waals surface area contributed by atoms with E-state index in [2.05, 4.69) is 0 Å². The van der Waals surface area contributed by atoms with Crippen LogP contribution in [0.1, 0.15) is 27.7 Å². The monoisotopic (exact) mass is 302 g/mol. The fourth-order valence-electron chi connectivity index (χ4n) is 1.34. The first-order chi connectivity index (χ1) is 8.56. The average molecular weight is 303 g/mol. The Hall–Kier alpha value is -0.195. The van der Waals surface area contributed by atoms with Crippen molar-refractivity contribution in [2.45, 2.75) is 43.8 Å². The third-order valence-corrected chi connectivity index (χ3v) is 4.22. The molecule has 0 aliphatic rings. The highest BCUT2D eigenvalue weighted by atomic mass is 35.5. The quantitative estimate of drug-likeness (QED) is 0.647. The molecule has 0 radical (unpaired) electrons. The van der Waals surface area contributed by atoms with Crippen LogP contribution in [0.15, 0.2) is 23.1 Å². The highest BCUT2D eigenvalue weighted by Gasteiger charge is 2.39. The lowest BCUT2D eigenvalue weighted by Crippen LogP contribution is -2.53. The number of hydrogen-bond acceptors (Lipinski definition) is 4. The summed E-state index contributed by atoms with van der Waals surface area (Å²) < 4.78 is 5.58. The van der Waals surface area contributed by atoms with E-state index in [9.17, 15) is 10.1 Å². The Morgan fingerprint density at radius 3 is 2.26 bits per heavy atom. The second-order valence-corrected chi connectivity index (χ2v) is 6.78. The van der Waals surface area contributed by atoms with Crippen molar-refractivity contribution in [1.82, 2.24) is 0 Å². The number of rotatable bonds is 5. The second kappa shape index (κ2) is 6.06. The van der Waals surface area contributed by atoms with E-state index >= 15 is 0 Å². The summed E-state index contributed by atoms with van der Waals surface area (Å²) in [5.41, 5.74) is -1.39. The van der Waals surface area contributed by atoms with Crippen LogP contribution in [0, 0.1) is 0 Å². The number of benzene rings is 1. The highest BCUT2D eigenvalue weighted by Crippen LogP contribution is 2.26. The maximum absolute atomic E-state index is 10.2. The van der Waals surface area contributed by atoms with Crippen molar-refractivity contribution in [2.24, 2.45) is 0 Å². The molecule has 0 aromatic heterocycles. The topological polar surface area (TPSA) is 49.7 Å². The van der Waals surface area contributed by atoms with Crippen molar-refractivity contribution >= 4 is 35.9 Å². The first kappa shape index (κ1) is 16.9. The Labute approximate surface area is 124 Å². The first-order valence-corrected chi connectivity index (χ1v) is 7.60. The summed E-state index contributed by atoms with van der Waals surface area (Å²) in [4.78, 5) is 0.950. The molecule has 106 valence electrons. The van der Waals surface area contributed by atoms with E-state index in [0.717, 1.165) is 4.90 Å². The Bertz CT molecular complexity index is 446. The smallest absolute Gasteiger partial charge is 0.423 e. The molecule has 0 aliphatic heterocycles. The first-order valence-electron chi connectivity index (χ1n) is 5.99. The average Bonchev–Trinajstić information content (AvgIpc) is 2.25. The molecule has 0 spiro atoms. The van der Waals surface area contributed by atoms with Crippen molar-refractivity contribution in [3.8, 4) is 0 Å². The highest BCUT2D eigenvalue weighted by molar-refractivity contribution is 7.98. The largest absolute Gasteiger partial charge is 0.491 e. The van der Waals surface area contributed by atoms with Crippen molar-refractivity contribution in [1.29, 1.82) is 0 Å². The van der Waals surface area contributed by atoms with Gasteiger partial charge >= 0.3 is 7.12 Å². The molecular formula is C13H20BClO3S. The summed E-state index contributed by atoms with van der Waals surface area (Å²) >= 11 is 7.54. The molecule has 0 atom stereocenters. The van der Waals surface area contributed by atoms with Gasteiger partial charge < -0.3 is 14.8 Å². The Morgan fingerprint density at radius 2 is 1.79 bits per heavy atom. The minimum absolute atomic E-state index is 0.547. The second-order valence-electron chi connectivity index (χ2n) is 5.46. The van der Waals surface area contributed by atoms with Crippen LogP contribution in [-0.2, 0) is 4.65 Å². The molecule has 2 N–H and O–H groups in total. The summed E-state index contributed by atoms with van der Waals surface area (Å²) in [6.45, 7) is 6.75. The van der Waals surface area contributed by atoms with Gasteiger partial charge in [0.15, 0.2) is 0 Å². The fraction of sp³-hybridized carbons (Fsp3) is 0.538. The fourth-order valence-corrected chi connectivity index (χ4v) is 2.14. The number of hydrogen-bond donors (Lipinski definition) is 2. The number of halogens is 1. The predicted molar refractivity (Wildman–Crippen MR) is 82.3 cm³/mol. The zero-order valence-electron chi connectivity index (χ0n) is 11.9. The van der Waals surface area contributed by atoms with E-state index in [1.165, 1.54) is 11.8 Å². The van der Waals surface area contributed by atoms with E-state index < -0.39 is 18.3 Å². The van der Waals surface area contributed by atoms with Gasteiger partial charge in [-0.15, -0.1) is 11.8 Å². The summed E-state index contributed by atoms with van der Waals surface area (Å²) in [6.07, 6.45) is 1.93. The summed E-state index contributed by atoms with van der Waals surface area (Å²) in [5, 5.41) is 20.7. The molecule has 1 rings (SSSR count). The van der Waals surface area contributed by atoms with Crippen molar-refractivity contribution < 1.29 is 14.8 Å². The Kier molecular flexibility index (Phi) is 5.38. The third kappa shape index (κ3) is 4.40. The van der Waals surface area contributed by atoms with E-state index in [0.29, 0.717) is 10.5 Å². The van der Waals surface area contributed by atoms with Crippen LogP contribution in [-0.4, -0.2) is 34.7 Å². The van der Waals surface area contributed by atoms with Gasteiger partial charge in [-0.3, -0.25) is 0 Å². The summed E-state index contributed by atoms with van der Waals surface area (Å²) in [7, 11) is -1.13. The summed E-state index contributed by atoms with van der Waals surface area (Å²) in [6, 6.07) is 5.30. The lowest BCUT2D eigenvalue weighted by atomic mass is 9.76. The molecule has 0 fully saturated rings. The Balaban J connectivity index is 2.95. The van der Waals surface area contributed by atoms with E-state index in [4.69, 9.17) is 16.3 Å². The summed E-state index contributed by atoms with van der Waals surface area (Å²) in [5.74, 6) is 0. The molecule has 0 aliphatic carbocycles. The standard InChI is InChI=1S/C13H20BClO3S/c1-12(2,16)13(3,4)18-14(17)9-6-10(15)8-11(7-9)19-5/h6-8,16-17H,1-5H3. The van der Waals surface area contributed by atoms with Crippen molar-refractivity contribution in [3.05, 3.63) is 23.2 Å². The van der Waals surface area contributed by atoms with Gasteiger partial charge in [0, 0.05) is 9.92 Å². The van der Waals surface area contributed by atoms with E-state index in [1.807, 2.05) is 18.4 Å². The van der Waals surface area contributed by atoms with Crippen LogP contribution in [0.2, 0.25) is 5.02 Å². The van der Waals surface area contributed by atoms with Crippen LogP contribution in [0.4, 0.5) is 0 Å². The maximum atomic E-state index is 10.2. The van der Waals surface area contributed by atoms with Crippen molar-refractivity contribution in [2.75, 3.05) is 6.26 Å². The maximum Gasteiger partial charge on any atom is 0.491 e. The van der Waals surface area contributed by atoms with Gasteiger partial charge in [-0.1, -0.05) is 11.6 Å². The van der Waals surface area contributed by atoms with E-state index in [1.54, 1.807) is 33.8 Å². The normalized spacial score (nSPS) is 12.6. The van der Waals surface area contributed by atoms with Crippen LogP contribution in [0.5, 0.6) is 0 Å². The van der Waals surface area contributed by atoms with Gasteiger partial charge in [0.25, 0.3) is 0 Å². The van der Waals surface area contributed by atoms with Gasteiger partial charge in [0.1, 0.15) is 0 Å². The van der Waals surface area contributed by atoms with Gasteiger partial charge in [-0.25, -0.2) is 0 Å². The molecule has 1 aromatic carbocycles. The molecule has 6 heteroatoms. The van der Waals surface area contributed by atoms with Crippen LogP contribution >= 0.6 is 23.4 Å². The molecule has 0 saturated heterocycles. The number of aliphatic hydroxyl groups is 1. The predicted octanol–water partition coefficient (Wildman–Crippen LogP) is 2.32. The van der Waals surface area contributed by atoms with E-state index in [-0.39, 0.29) is 0 Å². The van der Waals surface area contributed by atoms with Gasteiger partial charge in [0.2, 0.25) is 0 Å². The van der Waals surface area contributed by atoms with Gasteiger partial charge in [-0.05, 0) is 57.6 Å². The molecule has 0 amide bonds.